The van der Waals surface area contributed by atoms with Crippen LogP contribution in [0.3, 0.4) is 0 Å². The van der Waals surface area contributed by atoms with Gasteiger partial charge in [0.25, 0.3) is 5.69 Å². The van der Waals surface area contributed by atoms with Crippen molar-refractivity contribution in [3.8, 4) is 0 Å². The van der Waals surface area contributed by atoms with Crippen LogP contribution in [0, 0.1) is 24.0 Å². The maximum absolute atomic E-state index is 11.2. The Kier molecular flexibility index (Phi) is 6.26. The Balaban J connectivity index is 1.70. The van der Waals surface area contributed by atoms with E-state index in [0.29, 0.717) is 25.3 Å². The molecule has 1 heterocycles. The van der Waals surface area contributed by atoms with Gasteiger partial charge in [0, 0.05) is 31.8 Å². The Hall–Kier alpha value is -2.93. The van der Waals surface area contributed by atoms with Crippen LogP contribution in [0.5, 0.6) is 0 Å². The summed E-state index contributed by atoms with van der Waals surface area (Å²) in [6.45, 7) is 6.53. The summed E-state index contributed by atoms with van der Waals surface area (Å²) >= 11 is 0. The lowest BCUT2D eigenvalue weighted by atomic mass is 10.00. The van der Waals surface area contributed by atoms with Crippen molar-refractivity contribution < 1.29 is 9.66 Å². The average molecular weight is 382 g/mol. The molecule has 0 aromatic heterocycles. The summed E-state index contributed by atoms with van der Waals surface area (Å²) < 4.78 is 6.01. The molecule has 0 spiro atoms. The minimum absolute atomic E-state index is 0.0287. The molecule has 1 saturated heterocycles. The molecule has 2 aromatic carbocycles. The quantitative estimate of drug-likeness (QED) is 0.380. The zero-order valence-electron chi connectivity index (χ0n) is 16.5. The molecule has 7 nitrogen and oxygen atoms in total. The van der Waals surface area contributed by atoms with E-state index in [1.165, 1.54) is 22.8 Å². The number of para-hydroxylation sites is 1. The number of rotatable bonds is 4. The molecule has 0 saturated carbocycles. The Bertz CT molecular complexity index is 882. The highest BCUT2D eigenvalue weighted by Crippen LogP contribution is 2.26. The fourth-order valence-electron chi connectivity index (χ4n) is 3.56. The van der Waals surface area contributed by atoms with Crippen LogP contribution in [0.1, 0.15) is 28.4 Å². The van der Waals surface area contributed by atoms with E-state index < -0.39 is 0 Å². The van der Waals surface area contributed by atoms with Crippen LogP contribution in [0.25, 0.3) is 0 Å². The van der Waals surface area contributed by atoms with Gasteiger partial charge in [-0.25, -0.2) is 0 Å². The standard InChI is InChI=1S/C21H26N4O3/c1-15-8-9-18(16(2)12-15)20-14-24(10-11-28-20)21(22-3)23-13-17-6-4-5-7-19(17)25(26)27/h4-9,12,20H,10-11,13-14H2,1-3H3,(H,22,23). The summed E-state index contributed by atoms with van der Waals surface area (Å²) in [7, 11) is 1.73. The highest BCUT2D eigenvalue weighted by atomic mass is 16.6. The molecular formula is C21H26N4O3. The zero-order chi connectivity index (χ0) is 20.1. The molecule has 0 radical (unpaired) electrons. The Morgan fingerprint density at radius 2 is 2.11 bits per heavy atom. The summed E-state index contributed by atoms with van der Waals surface area (Å²) in [5.41, 5.74) is 4.38. The number of hydrogen-bond donors (Lipinski definition) is 1. The molecule has 0 bridgehead atoms. The fraction of sp³-hybridized carbons (Fsp3) is 0.381. The van der Waals surface area contributed by atoms with E-state index >= 15 is 0 Å². The normalized spacial score (nSPS) is 17.5. The van der Waals surface area contributed by atoms with Crippen LogP contribution >= 0.6 is 0 Å². The van der Waals surface area contributed by atoms with Crippen molar-refractivity contribution >= 4 is 11.6 Å². The van der Waals surface area contributed by atoms with Gasteiger partial charge in [0.1, 0.15) is 6.10 Å². The molecule has 148 valence electrons. The largest absolute Gasteiger partial charge is 0.370 e. The van der Waals surface area contributed by atoms with Crippen LogP contribution in [-0.4, -0.2) is 42.5 Å². The van der Waals surface area contributed by atoms with Crippen molar-refractivity contribution in [2.75, 3.05) is 26.7 Å². The number of benzene rings is 2. The summed E-state index contributed by atoms with van der Waals surface area (Å²) in [6.07, 6.45) is -0.0287. The predicted molar refractivity (Wildman–Crippen MR) is 109 cm³/mol. The Morgan fingerprint density at radius 1 is 1.32 bits per heavy atom. The first kappa shape index (κ1) is 19.8. The van der Waals surface area contributed by atoms with Gasteiger partial charge in [-0.15, -0.1) is 0 Å². The Labute approximate surface area is 165 Å². The second-order valence-corrected chi connectivity index (χ2v) is 6.95. The molecule has 1 N–H and O–H groups in total. The lowest BCUT2D eigenvalue weighted by Gasteiger charge is -2.35. The first-order chi connectivity index (χ1) is 13.5. The number of aryl methyl sites for hydroxylation is 2. The third kappa shape index (κ3) is 4.48. The van der Waals surface area contributed by atoms with E-state index in [1.54, 1.807) is 25.2 Å². The predicted octanol–water partition coefficient (Wildman–Crippen LogP) is 3.36. The van der Waals surface area contributed by atoms with Gasteiger partial charge in [0.15, 0.2) is 5.96 Å². The second-order valence-electron chi connectivity index (χ2n) is 6.95. The molecule has 1 fully saturated rings. The molecule has 3 rings (SSSR count). The third-order valence-corrected chi connectivity index (χ3v) is 4.98. The van der Waals surface area contributed by atoms with Crippen molar-refractivity contribution in [3.63, 3.8) is 0 Å². The van der Waals surface area contributed by atoms with E-state index in [-0.39, 0.29) is 16.7 Å². The van der Waals surface area contributed by atoms with Gasteiger partial charge in [-0.2, -0.15) is 0 Å². The average Bonchev–Trinajstić information content (AvgIpc) is 2.69. The van der Waals surface area contributed by atoms with E-state index in [1.807, 2.05) is 0 Å². The lowest BCUT2D eigenvalue weighted by molar-refractivity contribution is -0.385. The van der Waals surface area contributed by atoms with Crippen LogP contribution in [0.4, 0.5) is 5.69 Å². The third-order valence-electron chi connectivity index (χ3n) is 4.98. The van der Waals surface area contributed by atoms with Crippen molar-refractivity contribution in [2.45, 2.75) is 26.5 Å². The van der Waals surface area contributed by atoms with Crippen molar-refractivity contribution in [1.82, 2.24) is 10.2 Å². The highest BCUT2D eigenvalue weighted by molar-refractivity contribution is 5.80. The molecule has 28 heavy (non-hydrogen) atoms. The van der Waals surface area contributed by atoms with Gasteiger partial charge in [-0.1, -0.05) is 42.0 Å². The minimum atomic E-state index is -0.356. The minimum Gasteiger partial charge on any atom is -0.370 e. The van der Waals surface area contributed by atoms with Gasteiger partial charge >= 0.3 is 0 Å². The molecule has 7 heteroatoms. The second kappa shape index (κ2) is 8.84. The number of aliphatic imine (C=N–C) groups is 1. The van der Waals surface area contributed by atoms with Gasteiger partial charge in [-0.05, 0) is 25.0 Å². The molecule has 1 aliphatic heterocycles. The number of guanidine groups is 1. The van der Waals surface area contributed by atoms with Crippen molar-refractivity contribution in [3.05, 3.63) is 74.8 Å². The topological polar surface area (TPSA) is 80.0 Å². The fourth-order valence-corrected chi connectivity index (χ4v) is 3.56. The number of hydrogen-bond acceptors (Lipinski definition) is 4. The van der Waals surface area contributed by atoms with Crippen LogP contribution < -0.4 is 5.32 Å². The zero-order valence-corrected chi connectivity index (χ0v) is 16.5. The molecule has 1 atom stereocenters. The highest BCUT2D eigenvalue weighted by Gasteiger charge is 2.25. The van der Waals surface area contributed by atoms with Gasteiger partial charge in [0.05, 0.1) is 18.1 Å². The van der Waals surface area contributed by atoms with E-state index in [9.17, 15) is 10.1 Å². The monoisotopic (exact) mass is 382 g/mol. The molecule has 1 aliphatic rings. The Morgan fingerprint density at radius 3 is 2.82 bits per heavy atom. The number of nitrogens with one attached hydrogen (secondary N) is 1. The number of nitro benzene ring substituents is 1. The van der Waals surface area contributed by atoms with E-state index in [4.69, 9.17) is 4.74 Å². The smallest absolute Gasteiger partial charge is 0.274 e. The molecule has 0 aliphatic carbocycles. The molecule has 0 amide bonds. The maximum atomic E-state index is 11.2. The molecule has 1 unspecified atom stereocenters. The van der Waals surface area contributed by atoms with Gasteiger partial charge in [-0.3, -0.25) is 15.1 Å². The molecular weight excluding hydrogens is 356 g/mol. The molecule has 2 aromatic rings. The SMILES string of the molecule is CN=C(NCc1ccccc1[N+](=O)[O-])N1CCOC(c2ccc(C)cc2C)C1. The van der Waals surface area contributed by atoms with Crippen LogP contribution in [0.15, 0.2) is 47.5 Å². The van der Waals surface area contributed by atoms with Crippen LogP contribution in [0.2, 0.25) is 0 Å². The lowest BCUT2D eigenvalue weighted by Crippen LogP contribution is -2.48. The summed E-state index contributed by atoms with van der Waals surface area (Å²) in [4.78, 5) is 17.4. The van der Waals surface area contributed by atoms with Crippen LogP contribution in [-0.2, 0) is 11.3 Å². The van der Waals surface area contributed by atoms with Crippen molar-refractivity contribution in [1.29, 1.82) is 0 Å². The number of nitrogens with zero attached hydrogens (tertiary/aromatic N) is 3. The summed E-state index contributed by atoms with van der Waals surface area (Å²) in [6, 6.07) is 13.2. The summed E-state index contributed by atoms with van der Waals surface area (Å²) in [5.74, 6) is 0.719. The number of nitro groups is 1. The van der Waals surface area contributed by atoms with E-state index in [0.717, 1.165) is 12.5 Å². The number of morpholine rings is 1. The van der Waals surface area contributed by atoms with Gasteiger partial charge in [0.2, 0.25) is 0 Å². The summed E-state index contributed by atoms with van der Waals surface area (Å²) in [5, 5.41) is 14.5. The van der Waals surface area contributed by atoms with E-state index in [2.05, 4.69) is 47.3 Å². The van der Waals surface area contributed by atoms with Crippen molar-refractivity contribution in [2.24, 2.45) is 4.99 Å². The first-order valence-corrected chi connectivity index (χ1v) is 9.36. The number of ether oxygens (including phenoxy) is 1. The first-order valence-electron chi connectivity index (χ1n) is 9.36. The maximum Gasteiger partial charge on any atom is 0.274 e. The van der Waals surface area contributed by atoms with Gasteiger partial charge < -0.3 is 15.0 Å².